The third-order valence-electron chi connectivity index (χ3n) is 4.62. The molecule has 0 unspecified atom stereocenters. The molecule has 0 radical (unpaired) electrons. The summed E-state index contributed by atoms with van der Waals surface area (Å²) in [5.41, 5.74) is 0. The molecule has 1 aliphatic heterocycles. The van der Waals surface area contributed by atoms with Crippen LogP contribution in [0.4, 0.5) is 0 Å². The number of rotatable bonds is 12. The molecule has 5 nitrogen and oxygen atoms in total. The van der Waals surface area contributed by atoms with E-state index in [4.69, 9.17) is 4.74 Å². The van der Waals surface area contributed by atoms with Crippen molar-refractivity contribution in [2.75, 3.05) is 0 Å². The first kappa shape index (κ1) is 24.1. The first-order valence-electron chi connectivity index (χ1n) is 10.0. The monoisotopic (exact) mass is 390 g/mol. The van der Waals surface area contributed by atoms with Crippen LogP contribution in [0.1, 0.15) is 46.0 Å². The summed E-state index contributed by atoms with van der Waals surface area (Å²) in [5, 5.41) is 30.1. The second-order valence-electron chi connectivity index (χ2n) is 7.03. The molecule has 1 aliphatic rings. The van der Waals surface area contributed by atoms with Gasteiger partial charge in [0.05, 0.1) is 12.2 Å². The number of allylic oxidation sites excluding steroid dienone is 5. The Bertz CT molecular complexity index is 588. The van der Waals surface area contributed by atoms with Gasteiger partial charge in [-0.05, 0) is 31.4 Å². The molecule has 0 bridgehead atoms. The maximum Gasteiger partial charge on any atom is 0.331 e. The summed E-state index contributed by atoms with van der Waals surface area (Å²) >= 11 is 0. The number of cyclic esters (lactones) is 1. The van der Waals surface area contributed by atoms with Gasteiger partial charge >= 0.3 is 5.97 Å². The van der Waals surface area contributed by atoms with E-state index in [0.717, 1.165) is 6.42 Å². The first-order chi connectivity index (χ1) is 13.5. The van der Waals surface area contributed by atoms with Crippen LogP contribution in [0.5, 0.6) is 0 Å². The summed E-state index contributed by atoms with van der Waals surface area (Å²) in [5.74, 6) is -0.865. The SMILES string of the molecule is CCCCC/C=C/C=C\C=C/[C@H](O)[C@H](C)[C@@H](O)C/C=C/[C@@H]1OC(=O)C=C[C@@H]1O. The minimum atomic E-state index is -0.885. The molecule has 1 rings (SSSR count). The number of aliphatic hydroxyl groups is 3. The standard InChI is InChI=1S/C23H34O5/c1-3-4-5-6-7-8-9-10-11-13-19(24)18(2)20(25)14-12-15-22-21(26)16-17-23(27)28-22/h7-13,15-22,24-26H,3-6,14H2,1-2H3/b8-7+,10-9-,13-11-,15-12+/t18-,19-,20-,21-,22-/m0/s1. The summed E-state index contributed by atoms with van der Waals surface area (Å²) < 4.78 is 4.98. The van der Waals surface area contributed by atoms with Gasteiger partial charge in [0.25, 0.3) is 0 Å². The van der Waals surface area contributed by atoms with E-state index in [1.54, 1.807) is 31.2 Å². The Labute approximate surface area is 168 Å². The van der Waals surface area contributed by atoms with Crippen LogP contribution in [0.3, 0.4) is 0 Å². The van der Waals surface area contributed by atoms with Crippen LogP contribution in [0.25, 0.3) is 0 Å². The van der Waals surface area contributed by atoms with Crippen molar-refractivity contribution in [3.8, 4) is 0 Å². The average molecular weight is 391 g/mol. The number of carbonyl (C=O) groups is 1. The summed E-state index contributed by atoms with van der Waals surface area (Å²) in [4.78, 5) is 11.2. The van der Waals surface area contributed by atoms with Crippen LogP contribution >= 0.6 is 0 Å². The van der Waals surface area contributed by atoms with Crippen molar-refractivity contribution in [1.29, 1.82) is 0 Å². The van der Waals surface area contributed by atoms with Crippen LogP contribution in [0.2, 0.25) is 0 Å². The summed E-state index contributed by atoms with van der Waals surface area (Å²) in [6, 6.07) is 0. The molecule has 5 atom stereocenters. The van der Waals surface area contributed by atoms with E-state index in [2.05, 4.69) is 13.0 Å². The Kier molecular flexibility index (Phi) is 12.1. The van der Waals surface area contributed by atoms with Gasteiger partial charge in [-0.15, -0.1) is 0 Å². The van der Waals surface area contributed by atoms with Crippen LogP contribution in [0.15, 0.2) is 60.8 Å². The molecule has 0 aromatic carbocycles. The van der Waals surface area contributed by atoms with E-state index in [9.17, 15) is 20.1 Å². The first-order valence-corrected chi connectivity index (χ1v) is 10.0. The zero-order valence-electron chi connectivity index (χ0n) is 16.9. The van der Waals surface area contributed by atoms with Gasteiger partial charge in [0.15, 0.2) is 0 Å². The molecule has 3 N–H and O–H groups in total. The van der Waals surface area contributed by atoms with Gasteiger partial charge in [-0.1, -0.05) is 69.2 Å². The van der Waals surface area contributed by atoms with Crippen molar-refractivity contribution in [1.82, 2.24) is 0 Å². The van der Waals surface area contributed by atoms with Crippen molar-refractivity contribution in [2.45, 2.75) is 70.4 Å². The topological polar surface area (TPSA) is 87.0 Å². The number of aliphatic hydroxyl groups excluding tert-OH is 3. The Morgan fingerprint density at radius 3 is 2.64 bits per heavy atom. The van der Waals surface area contributed by atoms with Crippen molar-refractivity contribution >= 4 is 5.97 Å². The normalized spacial score (nSPS) is 23.8. The van der Waals surface area contributed by atoms with Gasteiger partial charge in [-0.3, -0.25) is 0 Å². The molecule has 28 heavy (non-hydrogen) atoms. The largest absolute Gasteiger partial charge is 0.452 e. The lowest BCUT2D eigenvalue weighted by molar-refractivity contribution is -0.146. The molecule has 156 valence electrons. The van der Waals surface area contributed by atoms with Crippen LogP contribution in [0, 0.1) is 5.92 Å². The third kappa shape index (κ3) is 9.83. The molecular formula is C23H34O5. The second kappa shape index (κ2) is 14.1. The fraction of sp³-hybridized carbons (Fsp3) is 0.522. The van der Waals surface area contributed by atoms with E-state index < -0.39 is 30.4 Å². The van der Waals surface area contributed by atoms with E-state index in [-0.39, 0.29) is 12.3 Å². The van der Waals surface area contributed by atoms with Crippen LogP contribution < -0.4 is 0 Å². The molecule has 1 heterocycles. The molecular weight excluding hydrogens is 356 g/mol. The highest BCUT2D eigenvalue weighted by Crippen LogP contribution is 2.15. The molecule has 0 aromatic heterocycles. The number of ether oxygens (including phenoxy) is 1. The fourth-order valence-electron chi connectivity index (χ4n) is 2.65. The minimum Gasteiger partial charge on any atom is -0.452 e. The highest BCUT2D eigenvalue weighted by molar-refractivity contribution is 5.83. The predicted molar refractivity (Wildman–Crippen MR) is 112 cm³/mol. The Morgan fingerprint density at radius 2 is 1.89 bits per heavy atom. The van der Waals surface area contributed by atoms with Crippen molar-refractivity contribution < 1.29 is 24.9 Å². The van der Waals surface area contributed by atoms with Gasteiger partial charge in [-0.25, -0.2) is 4.79 Å². The average Bonchev–Trinajstić information content (AvgIpc) is 2.68. The highest BCUT2D eigenvalue weighted by Gasteiger charge is 2.23. The smallest absolute Gasteiger partial charge is 0.331 e. The van der Waals surface area contributed by atoms with Crippen molar-refractivity contribution in [3.63, 3.8) is 0 Å². The molecule has 5 heteroatoms. The predicted octanol–water partition coefficient (Wildman–Crippen LogP) is 3.38. The number of unbranched alkanes of at least 4 members (excludes halogenated alkanes) is 3. The zero-order chi connectivity index (χ0) is 20.8. The Hall–Kier alpha value is -1.95. The molecule has 0 fully saturated rings. The zero-order valence-corrected chi connectivity index (χ0v) is 16.9. The number of carbonyl (C=O) groups excluding carboxylic acids is 1. The van der Waals surface area contributed by atoms with E-state index >= 15 is 0 Å². The second-order valence-corrected chi connectivity index (χ2v) is 7.03. The highest BCUT2D eigenvalue weighted by atomic mass is 16.6. The maximum absolute atomic E-state index is 11.2. The Morgan fingerprint density at radius 1 is 1.14 bits per heavy atom. The van der Waals surface area contributed by atoms with Gasteiger partial charge in [0, 0.05) is 12.0 Å². The third-order valence-corrected chi connectivity index (χ3v) is 4.62. The van der Waals surface area contributed by atoms with Crippen molar-refractivity contribution in [2.24, 2.45) is 5.92 Å². The van der Waals surface area contributed by atoms with Crippen LogP contribution in [-0.4, -0.2) is 45.7 Å². The lowest BCUT2D eigenvalue weighted by Crippen LogP contribution is -2.31. The number of hydrogen-bond donors (Lipinski definition) is 3. The van der Waals surface area contributed by atoms with Gasteiger partial charge < -0.3 is 20.1 Å². The van der Waals surface area contributed by atoms with Gasteiger partial charge in [0.1, 0.15) is 12.2 Å². The number of esters is 1. The molecule has 0 saturated heterocycles. The molecule has 0 aliphatic carbocycles. The fourth-order valence-corrected chi connectivity index (χ4v) is 2.65. The summed E-state index contributed by atoms with van der Waals surface area (Å²) in [7, 11) is 0. The lowest BCUT2D eigenvalue weighted by atomic mass is 9.95. The Balaban J connectivity index is 2.34. The minimum absolute atomic E-state index is 0.285. The van der Waals surface area contributed by atoms with Crippen LogP contribution in [-0.2, 0) is 9.53 Å². The summed E-state index contributed by atoms with van der Waals surface area (Å²) in [6.07, 6.45) is 19.0. The molecule has 0 spiro atoms. The molecule has 0 aromatic rings. The van der Waals surface area contributed by atoms with Gasteiger partial charge in [0.2, 0.25) is 0 Å². The molecule has 0 amide bonds. The lowest BCUT2D eigenvalue weighted by Gasteiger charge is -2.22. The van der Waals surface area contributed by atoms with E-state index in [1.165, 1.54) is 31.4 Å². The van der Waals surface area contributed by atoms with Gasteiger partial charge in [-0.2, -0.15) is 0 Å². The van der Waals surface area contributed by atoms with Crippen molar-refractivity contribution in [3.05, 3.63) is 60.8 Å². The summed E-state index contributed by atoms with van der Waals surface area (Å²) in [6.45, 7) is 3.95. The molecule has 0 saturated carbocycles. The number of hydrogen-bond acceptors (Lipinski definition) is 5. The van der Waals surface area contributed by atoms with E-state index in [0.29, 0.717) is 0 Å². The van der Waals surface area contributed by atoms with E-state index in [1.807, 2.05) is 18.2 Å². The maximum atomic E-state index is 11.2. The quantitative estimate of drug-likeness (QED) is 0.206.